The van der Waals surface area contributed by atoms with Gasteiger partial charge in [-0.1, -0.05) is 17.7 Å². The highest BCUT2D eigenvalue weighted by Gasteiger charge is 2.19. The summed E-state index contributed by atoms with van der Waals surface area (Å²) in [6.07, 6.45) is 1.89. The van der Waals surface area contributed by atoms with Crippen LogP contribution in [-0.4, -0.2) is 22.6 Å². The number of anilines is 1. The average molecular weight is 290 g/mol. The van der Waals surface area contributed by atoms with E-state index in [4.69, 9.17) is 5.11 Å². The Bertz CT molecular complexity index is 552. The van der Waals surface area contributed by atoms with Gasteiger partial charge in [0.15, 0.2) is 0 Å². The normalized spacial score (nSPS) is 12.1. The molecule has 1 heterocycles. The summed E-state index contributed by atoms with van der Waals surface area (Å²) in [4.78, 5) is 17.3. The smallest absolute Gasteiger partial charge is 0.305 e. The molecule has 0 bridgehead atoms. The monoisotopic (exact) mass is 290 g/mol. The van der Waals surface area contributed by atoms with E-state index in [-0.39, 0.29) is 12.5 Å². The van der Waals surface area contributed by atoms with Gasteiger partial charge in [-0.2, -0.15) is 0 Å². The van der Waals surface area contributed by atoms with E-state index in [1.807, 2.05) is 36.6 Å². The van der Waals surface area contributed by atoms with E-state index in [2.05, 4.69) is 16.8 Å². The molecule has 1 unspecified atom stereocenters. The molecule has 4 nitrogen and oxygen atoms in total. The Morgan fingerprint density at radius 1 is 1.40 bits per heavy atom. The van der Waals surface area contributed by atoms with E-state index in [1.165, 1.54) is 5.56 Å². The van der Waals surface area contributed by atoms with E-state index < -0.39 is 5.97 Å². The standard InChI is InChI=1S/C15H18N2O2S/c1-11-3-5-13(6-4-11)17(9-7-14(18)19)12(2)15-16-8-10-20-15/h3-6,8,10,12H,7,9H2,1-2H3,(H,18,19). The largest absolute Gasteiger partial charge is 0.481 e. The fraction of sp³-hybridized carbons (Fsp3) is 0.333. The van der Waals surface area contributed by atoms with Gasteiger partial charge in [-0.15, -0.1) is 11.3 Å². The Morgan fingerprint density at radius 3 is 2.65 bits per heavy atom. The highest BCUT2D eigenvalue weighted by Crippen LogP contribution is 2.28. The molecule has 0 aliphatic rings. The van der Waals surface area contributed by atoms with Crippen LogP contribution < -0.4 is 4.90 Å². The molecule has 0 saturated heterocycles. The zero-order valence-corrected chi connectivity index (χ0v) is 12.4. The van der Waals surface area contributed by atoms with Gasteiger partial charge in [-0.3, -0.25) is 4.79 Å². The lowest BCUT2D eigenvalue weighted by Gasteiger charge is -2.29. The second-order valence-electron chi connectivity index (χ2n) is 4.72. The number of benzene rings is 1. The lowest BCUT2D eigenvalue weighted by molar-refractivity contribution is -0.136. The Balaban J connectivity index is 2.24. The van der Waals surface area contributed by atoms with Crippen molar-refractivity contribution in [2.24, 2.45) is 0 Å². The molecule has 0 fully saturated rings. The second kappa shape index (κ2) is 6.52. The van der Waals surface area contributed by atoms with Gasteiger partial charge in [-0.25, -0.2) is 4.98 Å². The number of carboxylic acids is 1. The number of aromatic nitrogens is 1. The van der Waals surface area contributed by atoms with Gasteiger partial charge in [0.2, 0.25) is 0 Å². The van der Waals surface area contributed by atoms with Crippen LogP contribution in [0.5, 0.6) is 0 Å². The number of carbonyl (C=O) groups is 1. The Kier molecular flexibility index (Phi) is 4.74. The van der Waals surface area contributed by atoms with Crippen molar-refractivity contribution in [1.29, 1.82) is 0 Å². The van der Waals surface area contributed by atoms with Crippen LogP contribution in [-0.2, 0) is 4.79 Å². The van der Waals surface area contributed by atoms with E-state index in [0.29, 0.717) is 6.54 Å². The fourth-order valence-corrected chi connectivity index (χ4v) is 2.78. The van der Waals surface area contributed by atoms with Gasteiger partial charge in [-0.05, 0) is 26.0 Å². The van der Waals surface area contributed by atoms with E-state index in [0.717, 1.165) is 10.7 Å². The van der Waals surface area contributed by atoms with Crippen LogP contribution in [0.3, 0.4) is 0 Å². The SMILES string of the molecule is Cc1ccc(N(CCC(=O)O)C(C)c2nccs2)cc1. The molecular weight excluding hydrogens is 272 g/mol. The first-order valence-electron chi connectivity index (χ1n) is 6.52. The number of hydrogen-bond donors (Lipinski definition) is 1. The molecule has 0 saturated carbocycles. The fourth-order valence-electron chi connectivity index (χ4n) is 2.07. The molecule has 1 aromatic carbocycles. The molecule has 106 valence electrons. The summed E-state index contributed by atoms with van der Waals surface area (Å²) in [6.45, 7) is 4.56. The summed E-state index contributed by atoms with van der Waals surface area (Å²) in [6, 6.07) is 8.20. The van der Waals surface area contributed by atoms with Crippen LogP contribution in [0.15, 0.2) is 35.8 Å². The molecule has 1 atom stereocenters. The minimum Gasteiger partial charge on any atom is -0.481 e. The third-order valence-corrected chi connectivity index (χ3v) is 4.15. The first kappa shape index (κ1) is 14.5. The van der Waals surface area contributed by atoms with Gasteiger partial charge >= 0.3 is 5.97 Å². The molecule has 0 aliphatic heterocycles. The molecule has 0 aliphatic carbocycles. The molecule has 0 radical (unpaired) electrons. The van der Waals surface area contributed by atoms with Gasteiger partial charge in [0.25, 0.3) is 0 Å². The maximum absolute atomic E-state index is 10.9. The van der Waals surface area contributed by atoms with Crippen LogP contribution in [0, 0.1) is 6.92 Å². The van der Waals surface area contributed by atoms with E-state index in [9.17, 15) is 4.79 Å². The van der Waals surface area contributed by atoms with E-state index >= 15 is 0 Å². The Morgan fingerprint density at radius 2 is 2.10 bits per heavy atom. The minimum absolute atomic E-state index is 0.0667. The van der Waals surface area contributed by atoms with Crippen LogP contribution in [0.4, 0.5) is 5.69 Å². The van der Waals surface area contributed by atoms with Gasteiger partial charge in [0.1, 0.15) is 5.01 Å². The molecule has 1 aromatic heterocycles. The molecule has 20 heavy (non-hydrogen) atoms. The maximum atomic E-state index is 10.9. The quantitative estimate of drug-likeness (QED) is 0.884. The third kappa shape index (κ3) is 3.57. The molecule has 0 spiro atoms. The molecule has 2 rings (SSSR count). The summed E-state index contributed by atoms with van der Waals surface area (Å²) >= 11 is 1.59. The van der Waals surface area contributed by atoms with Crippen molar-refractivity contribution in [3.05, 3.63) is 46.4 Å². The number of rotatable bonds is 6. The van der Waals surface area contributed by atoms with Crippen LogP contribution >= 0.6 is 11.3 Å². The second-order valence-corrected chi connectivity index (χ2v) is 5.65. The lowest BCUT2D eigenvalue weighted by Crippen LogP contribution is -2.29. The topological polar surface area (TPSA) is 53.4 Å². The van der Waals surface area contributed by atoms with Crippen LogP contribution in [0.25, 0.3) is 0 Å². The lowest BCUT2D eigenvalue weighted by atomic mass is 10.1. The van der Waals surface area contributed by atoms with Gasteiger partial charge < -0.3 is 10.0 Å². The first-order valence-corrected chi connectivity index (χ1v) is 7.40. The molecule has 2 aromatic rings. The summed E-state index contributed by atoms with van der Waals surface area (Å²) in [5.41, 5.74) is 2.22. The zero-order valence-electron chi connectivity index (χ0n) is 11.6. The highest BCUT2D eigenvalue weighted by molar-refractivity contribution is 7.09. The first-order chi connectivity index (χ1) is 9.58. The predicted molar refractivity (Wildman–Crippen MR) is 81.3 cm³/mol. The van der Waals surface area contributed by atoms with Gasteiger partial charge in [0, 0.05) is 23.8 Å². The molecule has 0 amide bonds. The van der Waals surface area contributed by atoms with Crippen molar-refractivity contribution in [3.63, 3.8) is 0 Å². The Hall–Kier alpha value is -1.88. The number of aliphatic carboxylic acids is 1. The van der Waals surface area contributed by atoms with Crippen molar-refractivity contribution in [2.45, 2.75) is 26.3 Å². The third-order valence-electron chi connectivity index (χ3n) is 3.21. The number of nitrogens with zero attached hydrogens (tertiary/aromatic N) is 2. The minimum atomic E-state index is -0.784. The predicted octanol–water partition coefficient (Wildman–Crippen LogP) is 3.49. The maximum Gasteiger partial charge on any atom is 0.305 e. The van der Waals surface area contributed by atoms with Crippen molar-refractivity contribution >= 4 is 23.0 Å². The Labute approximate surface area is 122 Å². The van der Waals surface area contributed by atoms with Crippen LogP contribution in [0.2, 0.25) is 0 Å². The van der Waals surface area contributed by atoms with E-state index in [1.54, 1.807) is 17.5 Å². The van der Waals surface area contributed by atoms with Crippen molar-refractivity contribution in [3.8, 4) is 0 Å². The number of carboxylic acid groups (broad SMARTS) is 1. The number of thiazole rings is 1. The number of aryl methyl sites for hydroxylation is 1. The molecule has 5 heteroatoms. The average Bonchev–Trinajstić information content (AvgIpc) is 2.94. The van der Waals surface area contributed by atoms with Gasteiger partial charge in [0.05, 0.1) is 12.5 Å². The summed E-state index contributed by atoms with van der Waals surface area (Å²) in [5, 5.41) is 11.9. The van der Waals surface area contributed by atoms with Crippen molar-refractivity contribution in [2.75, 3.05) is 11.4 Å². The summed E-state index contributed by atoms with van der Waals surface area (Å²) in [5.74, 6) is -0.784. The van der Waals surface area contributed by atoms with Crippen molar-refractivity contribution < 1.29 is 9.90 Å². The molecule has 1 N–H and O–H groups in total. The number of hydrogen-bond acceptors (Lipinski definition) is 4. The van der Waals surface area contributed by atoms with Crippen LogP contribution in [0.1, 0.15) is 30.0 Å². The molecular formula is C15H18N2O2S. The van der Waals surface area contributed by atoms with Crippen molar-refractivity contribution in [1.82, 2.24) is 4.98 Å². The summed E-state index contributed by atoms with van der Waals surface area (Å²) < 4.78 is 0. The highest BCUT2D eigenvalue weighted by atomic mass is 32.1. The zero-order chi connectivity index (χ0) is 14.5. The summed E-state index contributed by atoms with van der Waals surface area (Å²) in [7, 11) is 0.